The quantitative estimate of drug-likeness (QED) is 0.743. The molecule has 0 heterocycles. The summed E-state index contributed by atoms with van der Waals surface area (Å²) in [5.41, 5.74) is 0.973. The Labute approximate surface area is 157 Å². The number of carbonyl (C=O) groups is 2. The largest absolute Gasteiger partial charge is 0.347 e. The molecular formula is C18H20FN3O4S. The smallest absolute Gasteiger partial charge is 0.261 e. The Hall–Kier alpha value is -2.94. The lowest BCUT2D eigenvalue weighted by Crippen LogP contribution is -2.36. The summed E-state index contributed by atoms with van der Waals surface area (Å²) in [6, 6.07) is 10.7. The molecule has 9 heteroatoms. The highest BCUT2D eigenvalue weighted by Crippen LogP contribution is 2.17. The fraction of sp³-hybridized carbons (Fsp3) is 0.222. The maximum atomic E-state index is 12.9. The molecule has 7 nitrogen and oxygen atoms in total. The summed E-state index contributed by atoms with van der Waals surface area (Å²) in [5, 5.41) is 2.52. The molecule has 0 aliphatic heterocycles. The lowest BCUT2D eigenvalue weighted by molar-refractivity contribution is -0.130. The number of nitrogens with one attached hydrogen (secondary N) is 2. The molecule has 0 fully saturated rings. The second-order valence-electron chi connectivity index (χ2n) is 6.00. The number of hydrogen-bond acceptors (Lipinski definition) is 4. The van der Waals surface area contributed by atoms with Crippen molar-refractivity contribution in [1.29, 1.82) is 0 Å². The Bertz CT molecular complexity index is 911. The molecule has 144 valence electrons. The van der Waals surface area contributed by atoms with Crippen molar-refractivity contribution in [2.45, 2.75) is 11.3 Å². The van der Waals surface area contributed by atoms with Crippen molar-refractivity contribution in [3.05, 3.63) is 59.9 Å². The van der Waals surface area contributed by atoms with Crippen molar-refractivity contribution in [2.24, 2.45) is 0 Å². The number of rotatable bonds is 7. The minimum Gasteiger partial charge on any atom is -0.347 e. The Morgan fingerprint density at radius 2 is 1.59 bits per heavy atom. The van der Waals surface area contributed by atoms with Crippen molar-refractivity contribution in [2.75, 3.05) is 25.4 Å². The highest BCUT2D eigenvalue weighted by atomic mass is 32.2. The number of sulfonamides is 1. The summed E-state index contributed by atoms with van der Waals surface area (Å²) in [6.07, 6.45) is 0.0612. The fourth-order valence-electron chi connectivity index (χ4n) is 2.10. The van der Waals surface area contributed by atoms with Gasteiger partial charge in [-0.2, -0.15) is 0 Å². The molecule has 0 aliphatic rings. The van der Waals surface area contributed by atoms with Gasteiger partial charge in [-0.3, -0.25) is 14.3 Å². The third kappa shape index (κ3) is 6.07. The molecule has 0 saturated carbocycles. The van der Waals surface area contributed by atoms with Gasteiger partial charge in [0.25, 0.3) is 10.0 Å². The molecule has 0 aliphatic carbocycles. The van der Waals surface area contributed by atoms with Crippen LogP contribution in [-0.2, 0) is 26.0 Å². The maximum Gasteiger partial charge on any atom is 0.261 e. The number of carbonyl (C=O) groups excluding carboxylic acids is 2. The topological polar surface area (TPSA) is 95.6 Å². The van der Waals surface area contributed by atoms with E-state index >= 15 is 0 Å². The number of hydrogen-bond donors (Lipinski definition) is 2. The van der Waals surface area contributed by atoms with Gasteiger partial charge in [-0.15, -0.1) is 0 Å². The van der Waals surface area contributed by atoms with Gasteiger partial charge in [0.2, 0.25) is 11.8 Å². The molecule has 2 aromatic carbocycles. The van der Waals surface area contributed by atoms with Crippen LogP contribution in [-0.4, -0.2) is 45.8 Å². The summed E-state index contributed by atoms with van der Waals surface area (Å²) in [4.78, 5) is 24.6. The van der Waals surface area contributed by atoms with Gasteiger partial charge in [0.05, 0.1) is 17.9 Å². The second kappa shape index (κ2) is 8.63. The number of nitrogens with zero attached hydrogens (tertiary/aromatic N) is 1. The molecule has 2 N–H and O–H groups in total. The zero-order valence-electron chi connectivity index (χ0n) is 14.9. The Kier molecular flexibility index (Phi) is 6.51. The van der Waals surface area contributed by atoms with Crippen molar-refractivity contribution in [3.8, 4) is 0 Å². The molecule has 0 saturated heterocycles. The van der Waals surface area contributed by atoms with Crippen LogP contribution >= 0.6 is 0 Å². The van der Waals surface area contributed by atoms with Gasteiger partial charge in [0.15, 0.2) is 0 Å². The van der Waals surface area contributed by atoms with E-state index in [1.165, 1.54) is 29.2 Å². The molecule has 0 unspecified atom stereocenters. The SMILES string of the molecule is CN(C)C(=O)CNC(=O)Cc1ccc(NS(=O)(=O)c2ccc(F)cc2)cc1. The van der Waals surface area contributed by atoms with Gasteiger partial charge in [-0.25, -0.2) is 12.8 Å². The van der Waals surface area contributed by atoms with E-state index in [2.05, 4.69) is 10.0 Å². The Balaban J connectivity index is 1.95. The minimum atomic E-state index is -3.83. The molecular weight excluding hydrogens is 373 g/mol. The molecule has 0 bridgehead atoms. The highest BCUT2D eigenvalue weighted by Gasteiger charge is 2.14. The van der Waals surface area contributed by atoms with Crippen LogP contribution in [0.3, 0.4) is 0 Å². The van der Waals surface area contributed by atoms with E-state index in [1.807, 2.05) is 0 Å². The molecule has 27 heavy (non-hydrogen) atoms. The summed E-state index contributed by atoms with van der Waals surface area (Å²) in [7, 11) is -0.636. The maximum absolute atomic E-state index is 12.9. The molecule has 0 aromatic heterocycles. The van der Waals surface area contributed by atoms with E-state index in [-0.39, 0.29) is 29.7 Å². The minimum absolute atomic E-state index is 0.0575. The number of anilines is 1. The van der Waals surface area contributed by atoms with Gasteiger partial charge in [0.1, 0.15) is 5.82 Å². The third-order valence-electron chi connectivity index (χ3n) is 3.63. The van der Waals surface area contributed by atoms with E-state index in [0.717, 1.165) is 12.1 Å². The van der Waals surface area contributed by atoms with Crippen molar-refractivity contribution in [1.82, 2.24) is 10.2 Å². The van der Waals surface area contributed by atoms with Crippen LogP contribution in [0.15, 0.2) is 53.4 Å². The summed E-state index contributed by atoms with van der Waals surface area (Å²) in [6.45, 7) is -0.0820. The standard InChI is InChI=1S/C18H20FN3O4S/c1-22(2)18(24)12-20-17(23)11-13-3-7-15(8-4-13)21-27(25,26)16-9-5-14(19)6-10-16/h3-10,21H,11-12H2,1-2H3,(H,20,23). The summed E-state index contributed by atoms with van der Waals surface area (Å²) < 4.78 is 39.8. The predicted octanol–water partition coefficient (Wildman–Crippen LogP) is 1.37. The van der Waals surface area contributed by atoms with Crippen LogP contribution in [0.5, 0.6) is 0 Å². The normalized spacial score (nSPS) is 10.9. The lowest BCUT2D eigenvalue weighted by Gasteiger charge is -2.11. The first-order chi connectivity index (χ1) is 12.7. The van der Waals surface area contributed by atoms with Gasteiger partial charge in [-0.05, 0) is 42.0 Å². The summed E-state index contributed by atoms with van der Waals surface area (Å²) >= 11 is 0. The average Bonchev–Trinajstić information content (AvgIpc) is 2.61. The van der Waals surface area contributed by atoms with E-state index in [1.54, 1.807) is 26.2 Å². The van der Waals surface area contributed by atoms with Crippen LogP contribution in [0, 0.1) is 5.82 Å². The molecule has 2 aromatic rings. The number of halogens is 1. The van der Waals surface area contributed by atoms with E-state index in [9.17, 15) is 22.4 Å². The average molecular weight is 393 g/mol. The van der Waals surface area contributed by atoms with Crippen LogP contribution in [0.25, 0.3) is 0 Å². The lowest BCUT2D eigenvalue weighted by atomic mass is 10.1. The number of likely N-dealkylation sites (N-methyl/N-ethyl adjacent to an activating group) is 1. The van der Waals surface area contributed by atoms with Crippen LogP contribution in [0.2, 0.25) is 0 Å². The molecule has 2 amide bonds. The van der Waals surface area contributed by atoms with Crippen molar-refractivity contribution < 1.29 is 22.4 Å². The fourth-order valence-corrected chi connectivity index (χ4v) is 3.16. The van der Waals surface area contributed by atoms with E-state index in [0.29, 0.717) is 11.3 Å². The molecule has 0 atom stereocenters. The summed E-state index contributed by atoms with van der Waals surface area (Å²) in [5.74, 6) is -1.05. The Morgan fingerprint density at radius 1 is 1.00 bits per heavy atom. The second-order valence-corrected chi connectivity index (χ2v) is 7.68. The molecule has 2 rings (SSSR count). The van der Waals surface area contributed by atoms with Gasteiger partial charge in [-0.1, -0.05) is 12.1 Å². The number of benzene rings is 2. The van der Waals surface area contributed by atoms with Crippen LogP contribution < -0.4 is 10.0 Å². The number of amides is 2. The van der Waals surface area contributed by atoms with Crippen LogP contribution in [0.1, 0.15) is 5.56 Å². The Morgan fingerprint density at radius 3 is 2.15 bits per heavy atom. The van der Waals surface area contributed by atoms with Crippen molar-refractivity contribution >= 4 is 27.5 Å². The van der Waals surface area contributed by atoms with Gasteiger partial charge >= 0.3 is 0 Å². The highest BCUT2D eigenvalue weighted by molar-refractivity contribution is 7.92. The first kappa shape index (κ1) is 20.4. The molecule has 0 radical (unpaired) electrons. The molecule has 0 spiro atoms. The zero-order valence-corrected chi connectivity index (χ0v) is 15.7. The van der Waals surface area contributed by atoms with Crippen LogP contribution in [0.4, 0.5) is 10.1 Å². The van der Waals surface area contributed by atoms with Crippen molar-refractivity contribution in [3.63, 3.8) is 0 Å². The monoisotopic (exact) mass is 393 g/mol. The first-order valence-electron chi connectivity index (χ1n) is 8.01. The van der Waals surface area contributed by atoms with E-state index in [4.69, 9.17) is 0 Å². The predicted molar refractivity (Wildman–Crippen MR) is 99.1 cm³/mol. The third-order valence-corrected chi connectivity index (χ3v) is 5.03. The van der Waals surface area contributed by atoms with Gasteiger partial charge < -0.3 is 10.2 Å². The zero-order chi connectivity index (χ0) is 20.0. The van der Waals surface area contributed by atoms with E-state index < -0.39 is 15.8 Å². The van der Waals surface area contributed by atoms with Gasteiger partial charge in [0, 0.05) is 19.8 Å². The first-order valence-corrected chi connectivity index (χ1v) is 9.50.